The summed E-state index contributed by atoms with van der Waals surface area (Å²) in [5, 5.41) is 23.3. The Kier molecular flexibility index (Phi) is 11.1. The Hall–Kier alpha value is -5.07. The Balaban J connectivity index is 0.000000644. The number of imidazole rings is 1. The molecule has 47 heavy (non-hydrogen) atoms. The number of hydrogen-bond acceptors (Lipinski definition) is 11. The van der Waals surface area contributed by atoms with Gasteiger partial charge in [-0.1, -0.05) is 42.5 Å². The van der Waals surface area contributed by atoms with E-state index in [0.29, 0.717) is 42.5 Å². The fourth-order valence-corrected chi connectivity index (χ4v) is 4.94. The molecule has 3 aromatic heterocycles. The quantitative estimate of drug-likeness (QED) is 0.138. The number of nitrogens with one attached hydrogen (secondary N) is 1. The van der Waals surface area contributed by atoms with E-state index in [2.05, 4.69) is 15.6 Å². The minimum absolute atomic E-state index is 0.103. The number of unbranched alkanes of at least 4 members (excludes halogenated alkanes) is 1. The van der Waals surface area contributed by atoms with Crippen LogP contribution in [0.4, 0.5) is 19.0 Å². The van der Waals surface area contributed by atoms with Crippen LogP contribution in [0.15, 0.2) is 70.3 Å². The van der Waals surface area contributed by atoms with E-state index in [-0.39, 0.29) is 10.7 Å². The van der Waals surface area contributed by atoms with Gasteiger partial charge in [-0.3, -0.25) is 0 Å². The largest absolute Gasteiger partial charge is 0.490 e. The number of carboxylic acids is 1. The molecule has 3 heterocycles. The minimum Gasteiger partial charge on any atom is -0.490 e. The van der Waals surface area contributed by atoms with Crippen LogP contribution in [-0.4, -0.2) is 63.7 Å². The molecule has 0 aliphatic heterocycles. The van der Waals surface area contributed by atoms with Crippen LogP contribution in [0.1, 0.15) is 25.3 Å². The van der Waals surface area contributed by atoms with Gasteiger partial charge in [0.25, 0.3) is 0 Å². The van der Waals surface area contributed by atoms with Gasteiger partial charge in [-0.2, -0.15) is 13.2 Å². The fourth-order valence-electron chi connectivity index (χ4n) is 4.43. The highest BCUT2D eigenvalue weighted by atomic mass is 32.2. The zero-order valence-electron chi connectivity index (χ0n) is 24.9. The zero-order valence-corrected chi connectivity index (χ0v) is 25.8. The second kappa shape index (κ2) is 15.0. The van der Waals surface area contributed by atoms with Crippen LogP contribution in [0.3, 0.4) is 0 Å². The minimum atomic E-state index is -5.08. The van der Waals surface area contributed by atoms with Gasteiger partial charge in [0.1, 0.15) is 11.0 Å². The molecule has 0 aliphatic carbocycles. The highest BCUT2D eigenvalue weighted by Gasteiger charge is 2.38. The molecule has 0 atom stereocenters. The first kappa shape index (κ1) is 34.8. The predicted octanol–water partition coefficient (Wildman–Crippen LogP) is 3.98. The van der Waals surface area contributed by atoms with Gasteiger partial charge in [0, 0.05) is 18.7 Å². The smallest absolute Gasteiger partial charge is 0.490 e. The molecule has 5 aromatic rings. The third-order valence-electron chi connectivity index (χ3n) is 6.65. The number of halogens is 3. The molecular weight excluding hydrogens is 645 g/mol. The molecule has 0 fully saturated rings. The van der Waals surface area contributed by atoms with Gasteiger partial charge in [0.2, 0.25) is 10.0 Å². The van der Waals surface area contributed by atoms with E-state index in [9.17, 15) is 21.6 Å². The number of primary sulfonamides is 1. The Morgan fingerprint density at radius 2 is 1.74 bits per heavy atom. The zero-order chi connectivity index (χ0) is 34.2. The van der Waals surface area contributed by atoms with Gasteiger partial charge in [-0.05, 0) is 54.3 Å². The maximum atomic E-state index is 11.4. The SMILES string of the molecule is CCn1c(-c2nonc2N)nc2c(-c3ccccc3)ncc(OCCCCNCc3ccc(S(N)(=O)=O)cc3)c21.O=C(O)C(F)(F)F. The molecule has 0 aliphatic rings. The number of anilines is 1. The van der Waals surface area contributed by atoms with E-state index in [1.54, 1.807) is 18.3 Å². The number of aliphatic carboxylic acids is 1. The summed E-state index contributed by atoms with van der Waals surface area (Å²) in [6.07, 6.45) is -1.66. The molecule has 0 saturated carbocycles. The van der Waals surface area contributed by atoms with Crippen LogP contribution in [0.5, 0.6) is 5.75 Å². The van der Waals surface area contributed by atoms with Crippen LogP contribution in [0, 0.1) is 0 Å². The molecule has 2 aromatic carbocycles. The third-order valence-corrected chi connectivity index (χ3v) is 7.58. The molecule has 14 nitrogen and oxygen atoms in total. The Morgan fingerprint density at radius 3 is 2.32 bits per heavy atom. The van der Waals surface area contributed by atoms with Gasteiger partial charge in [-0.15, -0.1) is 0 Å². The molecule has 0 spiro atoms. The first-order chi connectivity index (χ1) is 22.3. The standard InChI is InChI=1S/C27H30N8O4S.C2HF3O2/c1-2-35-25-21(38-15-7-6-14-30-16-18-10-12-20(13-11-18)40(29,36)37)17-31-22(19-8-4-3-5-9-19)23(25)32-27(35)24-26(28)34-39-33-24;3-2(4,5)1(6)7/h3-5,8-13,17,30H,2,6-7,14-16H2,1H3,(H2,28,34)(H2,29,36,37);(H,6,7). The molecule has 0 radical (unpaired) electrons. The molecule has 0 unspecified atom stereocenters. The number of nitrogen functional groups attached to an aromatic ring is 1. The lowest BCUT2D eigenvalue weighted by atomic mass is 10.1. The van der Waals surface area contributed by atoms with Crippen molar-refractivity contribution in [1.29, 1.82) is 0 Å². The van der Waals surface area contributed by atoms with E-state index >= 15 is 0 Å². The van der Waals surface area contributed by atoms with E-state index in [1.165, 1.54) is 12.1 Å². The molecule has 0 saturated heterocycles. The van der Waals surface area contributed by atoms with Crippen molar-refractivity contribution in [3.05, 3.63) is 66.4 Å². The lowest BCUT2D eigenvalue weighted by Crippen LogP contribution is -2.21. The highest BCUT2D eigenvalue weighted by molar-refractivity contribution is 7.89. The van der Waals surface area contributed by atoms with Crippen molar-refractivity contribution in [2.75, 3.05) is 18.9 Å². The van der Waals surface area contributed by atoms with Gasteiger partial charge < -0.3 is 25.5 Å². The average molecular weight is 677 g/mol. The number of hydrogen-bond donors (Lipinski definition) is 4. The van der Waals surface area contributed by atoms with Crippen molar-refractivity contribution in [2.45, 2.75) is 43.9 Å². The van der Waals surface area contributed by atoms with Crippen molar-refractivity contribution in [1.82, 2.24) is 30.2 Å². The van der Waals surface area contributed by atoms with Crippen molar-refractivity contribution in [2.24, 2.45) is 5.14 Å². The van der Waals surface area contributed by atoms with Crippen molar-refractivity contribution < 1.29 is 40.9 Å². The normalized spacial score (nSPS) is 11.7. The van der Waals surface area contributed by atoms with E-state index in [0.717, 1.165) is 41.7 Å². The van der Waals surface area contributed by atoms with Crippen LogP contribution in [0.2, 0.25) is 0 Å². The predicted molar refractivity (Wildman–Crippen MR) is 164 cm³/mol. The first-order valence-electron chi connectivity index (χ1n) is 14.1. The van der Waals surface area contributed by atoms with E-state index in [1.807, 2.05) is 41.8 Å². The molecule has 0 bridgehead atoms. The van der Waals surface area contributed by atoms with Crippen LogP contribution in [0.25, 0.3) is 33.8 Å². The summed E-state index contributed by atoms with van der Waals surface area (Å²) >= 11 is 0. The van der Waals surface area contributed by atoms with E-state index < -0.39 is 22.2 Å². The van der Waals surface area contributed by atoms with Gasteiger partial charge in [0.05, 0.1) is 23.4 Å². The monoisotopic (exact) mass is 676 g/mol. The first-order valence-corrected chi connectivity index (χ1v) is 15.6. The molecule has 250 valence electrons. The molecular formula is C29H31F3N8O6S. The average Bonchev–Trinajstić information content (AvgIpc) is 3.63. The lowest BCUT2D eigenvalue weighted by Gasteiger charge is -2.12. The number of carboxylic acid groups (broad SMARTS) is 1. The number of ether oxygens (including phenoxy) is 1. The number of rotatable bonds is 12. The summed E-state index contributed by atoms with van der Waals surface area (Å²) < 4.78 is 67.6. The number of alkyl halides is 3. The topological polar surface area (TPSA) is 214 Å². The number of carbonyl (C=O) groups is 1. The Labute approximate surface area is 266 Å². The fraction of sp³-hybridized carbons (Fsp3) is 0.276. The van der Waals surface area contributed by atoms with Gasteiger partial charge in [0.15, 0.2) is 23.1 Å². The second-order valence-electron chi connectivity index (χ2n) is 9.94. The van der Waals surface area contributed by atoms with Crippen molar-refractivity contribution in [3.8, 4) is 28.5 Å². The highest BCUT2D eigenvalue weighted by Crippen LogP contribution is 2.36. The summed E-state index contributed by atoms with van der Waals surface area (Å²) in [6.45, 7) is 4.49. The number of benzene rings is 2. The van der Waals surface area contributed by atoms with Crippen LogP contribution >= 0.6 is 0 Å². The van der Waals surface area contributed by atoms with Gasteiger partial charge >= 0.3 is 12.1 Å². The number of fused-ring (bicyclic) bond motifs is 1. The summed E-state index contributed by atoms with van der Waals surface area (Å²) in [5.74, 6) is -1.44. The summed E-state index contributed by atoms with van der Waals surface area (Å²) in [6, 6.07) is 16.4. The van der Waals surface area contributed by atoms with Crippen LogP contribution in [-0.2, 0) is 27.9 Å². The summed E-state index contributed by atoms with van der Waals surface area (Å²) in [5.41, 5.74) is 10.5. The van der Waals surface area contributed by atoms with Gasteiger partial charge in [-0.25, -0.2) is 32.9 Å². The number of nitrogens with two attached hydrogens (primary N) is 2. The third kappa shape index (κ3) is 8.81. The Morgan fingerprint density at radius 1 is 1.06 bits per heavy atom. The van der Waals surface area contributed by atoms with Crippen LogP contribution < -0.4 is 20.9 Å². The number of sulfonamides is 1. The van der Waals surface area contributed by atoms with Crippen molar-refractivity contribution >= 4 is 32.8 Å². The lowest BCUT2D eigenvalue weighted by molar-refractivity contribution is -0.192. The maximum Gasteiger partial charge on any atom is 0.490 e. The maximum absolute atomic E-state index is 11.4. The molecule has 0 amide bonds. The Bertz CT molecular complexity index is 1910. The molecule has 5 rings (SSSR count). The molecule has 18 heteroatoms. The summed E-state index contributed by atoms with van der Waals surface area (Å²) in [4.78, 5) is 18.6. The number of aryl methyl sites for hydroxylation is 1. The number of aromatic nitrogens is 5. The number of nitrogens with zero attached hydrogens (tertiary/aromatic N) is 5. The molecule has 6 N–H and O–H groups in total. The van der Waals surface area contributed by atoms with E-state index in [4.69, 9.17) is 40.1 Å². The summed E-state index contributed by atoms with van der Waals surface area (Å²) in [7, 11) is -3.68. The number of pyridine rings is 1. The second-order valence-corrected chi connectivity index (χ2v) is 11.5. The van der Waals surface area contributed by atoms with Crippen molar-refractivity contribution in [3.63, 3.8) is 0 Å².